The third-order valence-corrected chi connectivity index (χ3v) is 2.65. The molecule has 0 spiro atoms. The summed E-state index contributed by atoms with van der Waals surface area (Å²) in [5.41, 5.74) is 0.882. The number of nitrogens with zero attached hydrogens (tertiary/aromatic N) is 2. The molecule has 1 aromatic rings. The van der Waals surface area contributed by atoms with Gasteiger partial charge < -0.3 is 9.47 Å². The summed E-state index contributed by atoms with van der Waals surface area (Å²) < 4.78 is 12.4. The molecule has 0 aliphatic carbocycles. The Bertz CT molecular complexity index is 409. The second-order valence-corrected chi connectivity index (χ2v) is 4.22. The van der Waals surface area contributed by atoms with Gasteiger partial charge in [0.25, 0.3) is 0 Å². The number of rotatable bonds is 2. The SMILES string of the molecule is CCOC(=O)c1cc2n(n1)CCOC2(C)C. The van der Waals surface area contributed by atoms with Crippen molar-refractivity contribution < 1.29 is 14.3 Å². The fourth-order valence-corrected chi connectivity index (χ4v) is 1.84. The van der Waals surface area contributed by atoms with Crippen LogP contribution in [0.25, 0.3) is 0 Å². The van der Waals surface area contributed by atoms with Gasteiger partial charge >= 0.3 is 5.97 Å². The van der Waals surface area contributed by atoms with Crippen LogP contribution in [0.4, 0.5) is 0 Å². The summed E-state index contributed by atoms with van der Waals surface area (Å²) in [5.74, 6) is -0.375. The van der Waals surface area contributed by atoms with E-state index in [1.165, 1.54) is 0 Å². The molecular formula is C11H16N2O3. The van der Waals surface area contributed by atoms with Gasteiger partial charge in [0.15, 0.2) is 5.69 Å². The van der Waals surface area contributed by atoms with Crippen molar-refractivity contribution in [1.29, 1.82) is 0 Å². The lowest BCUT2D eigenvalue weighted by molar-refractivity contribution is -0.0532. The maximum atomic E-state index is 11.5. The van der Waals surface area contributed by atoms with Gasteiger partial charge in [0, 0.05) is 0 Å². The van der Waals surface area contributed by atoms with Gasteiger partial charge in [-0.3, -0.25) is 4.68 Å². The smallest absolute Gasteiger partial charge is 0.358 e. The molecule has 2 rings (SSSR count). The standard InChI is InChI=1S/C11H16N2O3/c1-4-15-10(14)8-7-9-11(2,3)16-6-5-13(9)12-8/h7H,4-6H2,1-3H3. The Morgan fingerprint density at radius 3 is 3.06 bits per heavy atom. The highest BCUT2D eigenvalue weighted by Crippen LogP contribution is 2.28. The topological polar surface area (TPSA) is 53.4 Å². The fourth-order valence-electron chi connectivity index (χ4n) is 1.84. The predicted molar refractivity (Wildman–Crippen MR) is 57.2 cm³/mol. The van der Waals surface area contributed by atoms with Crippen molar-refractivity contribution >= 4 is 5.97 Å². The molecule has 0 bridgehead atoms. The molecule has 0 N–H and O–H groups in total. The molecule has 5 nitrogen and oxygen atoms in total. The van der Waals surface area contributed by atoms with Crippen LogP contribution >= 0.6 is 0 Å². The highest BCUT2D eigenvalue weighted by Gasteiger charge is 2.31. The molecule has 0 atom stereocenters. The van der Waals surface area contributed by atoms with Crippen LogP contribution in [0.15, 0.2) is 6.07 Å². The van der Waals surface area contributed by atoms with Gasteiger partial charge in [0.05, 0.1) is 25.5 Å². The summed E-state index contributed by atoms with van der Waals surface area (Å²) in [5, 5.41) is 4.23. The van der Waals surface area contributed by atoms with Gasteiger partial charge in [-0.25, -0.2) is 4.79 Å². The third-order valence-electron chi connectivity index (χ3n) is 2.65. The number of hydrogen-bond donors (Lipinski definition) is 0. The summed E-state index contributed by atoms with van der Waals surface area (Å²) in [6.45, 7) is 7.37. The first-order valence-corrected chi connectivity index (χ1v) is 5.44. The molecule has 0 saturated heterocycles. The Morgan fingerprint density at radius 1 is 1.69 bits per heavy atom. The van der Waals surface area contributed by atoms with Crippen LogP contribution in [0.2, 0.25) is 0 Å². The molecule has 0 fully saturated rings. The molecule has 0 aromatic carbocycles. The van der Waals surface area contributed by atoms with Gasteiger partial charge in [0.1, 0.15) is 5.60 Å². The first kappa shape index (κ1) is 11.1. The van der Waals surface area contributed by atoms with E-state index in [4.69, 9.17) is 9.47 Å². The Hall–Kier alpha value is -1.36. The first-order chi connectivity index (χ1) is 7.54. The zero-order chi connectivity index (χ0) is 11.8. The van der Waals surface area contributed by atoms with Crippen LogP contribution in [0, 0.1) is 0 Å². The molecule has 5 heteroatoms. The molecule has 2 heterocycles. The molecule has 1 aliphatic rings. The molecule has 0 unspecified atom stereocenters. The number of esters is 1. The van der Waals surface area contributed by atoms with Crippen molar-refractivity contribution in [3.63, 3.8) is 0 Å². The minimum atomic E-state index is -0.393. The lowest BCUT2D eigenvalue weighted by atomic mass is 10.0. The Morgan fingerprint density at radius 2 is 2.44 bits per heavy atom. The number of fused-ring (bicyclic) bond motifs is 1. The van der Waals surface area contributed by atoms with E-state index in [0.29, 0.717) is 25.5 Å². The number of ether oxygens (including phenoxy) is 2. The zero-order valence-corrected chi connectivity index (χ0v) is 9.82. The summed E-state index contributed by atoms with van der Waals surface area (Å²) in [7, 11) is 0. The van der Waals surface area contributed by atoms with Crippen molar-refractivity contribution in [1.82, 2.24) is 9.78 Å². The summed E-state index contributed by atoms with van der Waals surface area (Å²) in [6, 6.07) is 1.75. The van der Waals surface area contributed by atoms with E-state index in [1.54, 1.807) is 13.0 Å². The quantitative estimate of drug-likeness (QED) is 0.711. The van der Waals surface area contributed by atoms with E-state index < -0.39 is 5.60 Å². The monoisotopic (exact) mass is 224 g/mol. The Labute approximate surface area is 94.3 Å². The Balaban J connectivity index is 2.33. The van der Waals surface area contributed by atoms with Crippen LogP contribution in [-0.2, 0) is 21.6 Å². The number of carbonyl (C=O) groups is 1. The normalized spacial score (nSPS) is 17.9. The molecular weight excluding hydrogens is 208 g/mol. The average Bonchev–Trinajstić information content (AvgIpc) is 2.63. The van der Waals surface area contributed by atoms with Gasteiger partial charge in [0.2, 0.25) is 0 Å². The fraction of sp³-hybridized carbons (Fsp3) is 0.636. The van der Waals surface area contributed by atoms with Crippen molar-refractivity contribution in [2.24, 2.45) is 0 Å². The van der Waals surface area contributed by atoms with Crippen LogP contribution in [-0.4, -0.2) is 29.0 Å². The summed E-state index contributed by atoms with van der Waals surface area (Å²) >= 11 is 0. The average molecular weight is 224 g/mol. The summed E-state index contributed by atoms with van der Waals surface area (Å²) in [6.07, 6.45) is 0. The van der Waals surface area contributed by atoms with Gasteiger partial charge in [-0.05, 0) is 26.8 Å². The minimum absolute atomic E-state index is 0.357. The predicted octanol–water partition coefficient (Wildman–Crippen LogP) is 1.33. The largest absolute Gasteiger partial charge is 0.461 e. The van der Waals surface area contributed by atoms with Crippen molar-refractivity contribution in [2.45, 2.75) is 32.9 Å². The highest BCUT2D eigenvalue weighted by molar-refractivity contribution is 5.87. The molecule has 1 aromatic heterocycles. The van der Waals surface area contributed by atoms with Crippen LogP contribution in [0.1, 0.15) is 37.0 Å². The molecule has 16 heavy (non-hydrogen) atoms. The zero-order valence-electron chi connectivity index (χ0n) is 9.82. The number of carbonyl (C=O) groups excluding carboxylic acids is 1. The number of aromatic nitrogens is 2. The Kier molecular flexibility index (Phi) is 2.71. The van der Waals surface area contributed by atoms with Gasteiger partial charge in [-0.2, -0.15) is 5.10 Å². The summed E-state index contributed by atoms with van der Waals surface area (Å²) in [4.78, 5) is 11.5. The number of hydrogen-bond acceptors (Lipinski definition) is 4. The molecule has 0 amide bonds. The lowest BCUT2D eigenvalue weighted by Crippen LogP contribution is -2.33. The maximum Gasteiger partial charge on any atom is 0.358 e. The van der Waals surface area contributed by atoms with E-state index in [2.05, 4.69) is 5.10 Å². The van der Waals surface area contributed by atoms with Gasteiger partial charge in [-0.1, -0.05) is 0 Å². The second kappa shape index (κ2) is 3.90. The molecule has 1 aliphatic heterocycles. The first-order valence-electron chi connectivity index (χ1n) is 5.44. The van der Waals surface area contributed by atoms with E-state index in [-0.39, 0.29) is 5.97 Å². The van der Waals surface area contributed by atoms with E-state index >= 15 is 0 Å². The molecule has 0 radical (unpaired) electrons. The van der Waals surface area contributed by atoms with Gasteiger partial charge in [-0.15, -0.1) is 0 Å². The van der Waals surface area contributed by atoms with Crippen LogP contribution < -0.4 is 0 Å². The molecule has 88 valence electrons. The third kappa shape index (κ3) is 1.82. The second-order valence-electron chi connectivity index (χ2n) is 4.22. The van der Waals surface area contributed by atoms with Crippen molar-refractivity contribution in [2.75, 3.05) is 13.2 Å². The lowest BCUT2D eigenvalue weighted by Gasteiger charge is -2.30. The minimum Gasteiger partial charge on any atom is -0.461 e. The van der Waals surface area contributed by atoms with Crippen molar-refractivity contribution in [3.8, 4) is 0 Å². The molecule has 0 saturated carbocycles. The van der Waals surface area contributed by atoms with E-state index in [1.807, 2.05) is 18.5 Å². The highest BCUT2D eigenvalue weighted by atomic mass is 16.5. The van der Waals surface area contributed by atoms with E-state index in [9.17, 15) is 4.79 Å². The van der Waals surface area contributed by atoms with Crippen LogP contribution in [0.5, 0.6) is 0 Å². The van der Waals surface area contributed by atoms with Crippen molar-refractivity contribution in [3.05, 3.63) is 17.5 Å². The van der Waals surface area contributed by atoms with Crippen LogP contribution in [0.3, 0.4) is 0 Å². The maximum absolute atomic E-state index is 11.5. The van der Waals surface area contributed by atoms with E-state index in [0.717, 1.165) is 5.69 Å².